The fourth-order valence-electron chi connectivity index (χ4n) is 2.07. The Morgan fingerprint density at radius 3 is 2.17 bits per heavy atom. The zero-order chi connectivity index (χ0) is 16.7. The largest absolute Gasteiger partial charge is 0.463 e. The molecule has 3 N–H and O–H groups in total. The van der Waals surface area contributed by atoms with Gasteiger partial charge in [0.25, 0.3) is 0 Å². The molecule has 0 fully saturated rings. The summed E-state index contributed by atoms with van der Waals surface area (Å²) in [7, 11) is 0. The number of hydrogen-bond donors (Lipinski definition) is 2. The Morgan fingerprint density at radius 1 is 1.13 bits per heavy atom. The van der Waals surface area contributed by atoms with Crippen LogP contribution in [0.2, 0.25) is 0 Å². The highest BCUT2D eigenvalue weighted by molar-refractivity contribution is 5.85. The maximum Gasteiger partial charge on any atom is 0.308 e. The molecule has 0 saturated carbocycles. The molecule has 1 amide bonds. The van der Waals surface area contributed by atoms with Crippen molar-refractivity contribution in [3.63, 3.8) is 0 Å². The number of esters is 1. The van der Waals surface area contributed by atoms with E-state index in [1.54, 1.807) is 20.8 Å². The number of benzene rings is 1. The molecular weight excluding hydrogens is 316 g/mol. The number of nitrogens with two attached hydrogens (primary N) is 1. The van der Waals surface area contributed by atoms with Crippen molar-refractivity contribution >= 4 is 24.3 Å². The number of carbonyl (C=O) groups excluding carboxylic acids is 2. The summed E-state index contributed by atoms with van der Waals surface area (Å²) in [5.41, 5.74) is 7.64. The summed E-state index contributed by atoms with van der Waals surface area (Å²) in [6.07, 6.45) is 0.152. The fraction of sp³-hybridized carbons (Fsp3) is 0.529. The number of rotatable bonds is 7. The smallest absolute Gasteiger partial charge is 0.308 e. The number of amides is 1. The zero-order valence-electron chi connectivity index (χ0n) is 14.2. The first-order valence-electron chi connectivity index (χ1n) is 7.59. The Hall–Kier alpha value is -1.59. The second-order valence-electron chi connectivity index (χ2n) is 5.95. The van der Waals surface area contributed by atoms with E-state index in [0.29, 0.717) is 0 Å². The van der Waals surface area contributed by atoms with E-state index in [0.717, 1.165) is 11.1 Å². The molecule has 1 rings (SSSR count). The van der Waals surface area contributed by atoms with Crippen molar-refractivity contribution in [1.29, 1.82) is 0 Å². The lowest BCUT2D eigenvalue weighted by atomic mass is 10.0. The molecule has 0 bridgehead atoms. The van der Waals surface area contributed by atoms with Gasteiger partial charge in [-0.05, 0) is 33.3 Å². The molecule has 0 heterocycles. The van der Waals surface area contributed by atoms with Crippen LogP contribution in [0.1, 0.15) is 50.8 Å². The van der Waals surface area contributed by atoms with Crippen molar-refractivity contribution in [2.75, 3.05) is 0 Å². The van der Waals surface area contributed by atoms with Crippen molar-refractivity contribution in [2.45, 2.75) is 58.7 Å². The van der Waals surface area contributed by atoms with Gasteiger partial charge in [-0.2, -0.15) is 0 Å². The number of nitrogens with one attached hydrogen (secondary N) is 1. The molecule has 0 radical (unpaired) electrons. The summed E-state index contributed by atoms with van der Waals surface area (Å²) in [6, 6.07) is 7.10. The predicted molar refractivity (Wildman–Crippen MR) is 93.4 cm³/mol. The van der Waals surface area contributed by atoms with Gasteiger partial charge < -0.3 is 15.8 Å². The van der Waals surface area contributed by atoms with Gasteiger partial charge in [-0.25, -0.2) is 0 Å². The molecule has 6 heteroatoms. The zero-order valence-corrected chi connectivity index (χ0v) is 15.0. The summed E-state index contributed by atoms with van der Waals surface area (Å²) in [5, 5.41) is 2.87. The maximum absolute atomic E-state index is 12.0. The molecule has 130 valence electrons. The van der Waals surface area contributed by atoms with E-state index < -0.39 is 6.04 Å². The van der Waals surface area contributed by atoms with Gasteiger partial charge in [0, 0.05) is 12.5 Å². The van der Waals surface area contributed by atoms with Crippen LogP contribution in [0.4, 0.5) is 0 Å². The van der Waals surface area contributed by atoms with Gasteiger partial charge >= 0.3 is 5.97 Å². The average Bonchev–Trinajstić information content (AvgIpc) is 2.36. The first kappa shape index (κ1) is 21.4. The molecule has 5 nitrogen and oxygen atoms in total. The van der Waals surface area contributed by atoms with E-state index in [4.69, 9.17) is 10.5 Å². The molecule has 2 atom stereocenters. The normalized spacial score (nSPS) is 13.0. The van der Waals surface area contributed by atoms with E-state index >= 15 is 0 Å². The molecule has 1 aromatic rings. The third-order valence-electron chi connectivity index (χ3n) is 3.06. The van der Waals surface area contributed by atoms with E-state index in [9.17, 15) is 9.59 Å². The summed E-state index contributed by atoms with van der Waals surface area (Å²) in [5.74, 6) is -0.500. The molecular formula is C17H27ClN2O3. The van der Waals surface area contributed by atoms with E-state index in [2.05, 4.69) is 5.32 Å². The second-order valence-corrected chi connectivity index (χ2v) is 5.95. The Bertz CT molecular complexity index is 477. The average molecular weight is 343 g/mol. The first-order valence-corrected chi connectivity index (χ1v) is 7.59. The molecule has 0 saturated heterocycles. The van der Waals surface area contributed by atoms with Gasteiger partial charge in [-0.15, -0.1) is 12.4 Å². The molecule has 2 unspecified atom stereocenters. The monoisotopic (exact) mass is 342 g/mol. The Balaban J connectivity index is 0.00000484. The minimum absolute atomic E-state index is 0. The number of ether oxygens (including phenoxy) is 1. The lowest BCUT2D eigenvalue weighted by Gasteiger charge is -2.20. The van der Waals surface area contributed by atoms with Crippen LogP contribution in [0.5, 0.6) is 0 Å². The van der Waals surface area contributed by atoms with Crippen LogP contribution >= 0.6 is 12.4 Å². The Morgan fingerprint density at radius 2 is 1.70 bits per heavy atom. The van der Waals surface area contributed by atoms with E-state index in [1.807, 2.05) is 31.2 Å². The molecule has 0 aromatic heterocycles. The van der Waals surface area contributed by atoms with Crippen LogP contribution < -0.4 is 11.1 Å². The Labute approximate surface area is 144 Å². The van der Waals surface area contributed by atoms with Crippen LogP contribution in [0.25, 0.3) is 0 Å². The molecule has 0 aliphatic carbocycles. The topological polar surface area (TPSA) is 81.4 Å². The highest BCUT2D eigenvalue weighted by Crippen LogP contribution is 2.19. The molecule has 0 spiro atoms. The van der Waals surface area contributed by atoms with Gasteiger partial charge in [0.1, 0.15) is 0 Å². The van der Waals surface area contributed by atoms with Crippen molar-refractivity contribution in [2.24, 2.45) is 5.73 Å². The van der Waals surface area contributed by atoms with Gasteiger partial charge in [-0.1, -0.05) is 29.8 Å². The summed E-state index contributed by atoms with van der Waals surface area (Å²) in [4.78, 5) is 23.9. The number of carbonyl (C=O) groups is 2. The first-order chi connectivity index (χ1) is 10.3. The van der Waals surface area contributed by atoms with E-state index in [-0.39, 0.29) is 49.3 Å². The van der Waals surface area contributed by atoms with E-state index in [1.165, 1.54) is 0 Å². The van der Waals surface area contributed by atoms with Crippen LogP contribution in [0.15, 0.2) is 24.3 Å². The second kappa shape index (κ2) is 10.2. The highest BCUT2D eigenvalue weighted by Gasteiger charge is 2.20. The minimum atomic E-state index is -0.405. The maximum atomic E-state index is 12.0. The van der Waals surface area contributed by atoms with Gasteiger partial charge in [0.05, 0.1) is 18.6 Å². The third-order valence-corrected chi connectivity index (χ3v) is 3.06. The van der Waals surface area contributed by atoms with Crippen molar-refractivity contribution < 1.29 is 14.3 Å². The summed E-state index contributed by atoms with van der Waals surface area (Å²) < 4.78 is 5.17. The SMILES string of the molecule is Cc1ccc(C(CC(=O)OC(C)C)NC(=O)CC(C)N)cc1.Cl. The molecule has 23 heavy (non-hydrogen) atoms. The third kappa shape index (κ3) is 8.57. The van der Waals surface area contributed by atoms with Crippen molar-refractivity contribution in [1.82, 2.24) is 5.32 Å². The quantitative estimate of drug-likeness (QED) is 0.746. The highest BCUT2D eigenvalue weighted by atomic mass is 35.5. The van der Waals surface area contributed by atoms with Gasteiger partial charge in [0.2, 0.25) is 5.91 Å². The number of hydrogen-bond acceptors (Lipinski definition) is 4. The Kier molecular flexibility index (Phi) is 9.53. The van der Waals surface area contributed by atoms with Gasteiger partial charge in [0.15, 0.2) is 0 Å². The molecule has 0 aliphatic rings. The standard InChI is InChI=1S/C17H26N2O3.ClH/c1-11(2)22-17(21)10-15(19-16(20)9-13(4)18)14-7-5-12(3)6-8-14;/h5-8,11,13,15H,9-10,18H2,1-4H3,(H,19,20);1H. The van der Waals surface area contributed by atoms with Crippen molar-refractivity contribution in [3.05, 3.63) is 35.4 Å². The summed E-state index contributed by atoms with van der Waals surface area (Å²) >= 11 is 0. The van der Waals surface area contributed by atoms with Crippen LogP contribution in [-0.4, -0.2) is 24.0 Å². The van der Waals surface area contributed by atoms with Crippen LogP contribution in [-0.2, 0) is 14.3 Å². The lowest BCUT2D eigenvalue weighted by molar-refractivity contribution is -0.148. The van der Waals surface area contributed by atoms with Crippen molar-refractivity contribution in [3.8, 4) is 0 Å². The summed E-state index contributed by atoms with van der Waals surface area (Å²) in [6.45, 7) is 7.36. The minimum Gasteiger partial charge on any atom is -0.463 e. The fourth-order valence-corrected chi connectivity index (χ4v) is 2.07. The molecule has 0 aliphatic heterocycles. The molecule has 1 aromatic carbocycles. The number of halogens is 1. The number of aryl methyl sites for hydroxylation is 1. The lowest BCUT2D eigenvalue weighted by Crippen LogP contribution is -2.34. The van der Waals surface area contributed by atoms with Gasteiger partial charge in [-0.3, -0.25) is 9.59 Å². The van der Waals surface area contributed by atoms with Crippen LogP contribution in [0.3, 0.4) is 0 Å². The van der Waals surface area contributed by atoms with Crippen LogP contribution in [0, 0.1) is 6.92 Å². The predicted octanol–water partition coefficient (Wildman–Crippen LogP) is 2.65.